The fourth-order valence-electron chi connectivity index (χ4n) is 1.92. The van der Waals surface area contributed by atoms with Crippen molar-refractivity contribution in [3.8, 4) is 21.9 Å². The normalized spacial score (nSPS) is 10.8. The molecule has 5 heteroatoms. The maximum absolute atomic E-state index is 5.77. The highest BCUT2D eigenvalue weighted by molar-refractivity contribution is 7.18. The van der Waals surface area contributed by atoms with Crippen molar-refractivity contribution in [1.82, 2.24) is 4.98 Å². The van der Waals surface area contributed by atoms with Gasteiger partial charge in [-0.25, -0.2) is 4.98 Å². The van der Waals surface area contributed by atoms with Gasteiger partial charge in [-0.05, 0) is 32.9 Å². The molecule has 1 aromatic carbocycles. The predicted molar refractivity (Wildman–Crippen MR) is 79.0 cm³/mol. The van der Waals surface area contributed by atoms with E-state index in [0.717, 1.165) is 27.6 Å². The lowest BCUT2D eigenvalue weighted by molar-refractivity contribution is 0.230. The molecule has 0 unspecified atom stereocenters. The minimum Gasteiger partial charge on any atom is -0.492 e. The summed E-state index contributed by atoms with van der Waals surface area (Å²) in [4.78, 5) is 5.27. The van der Waals surface area contributed by atoms with Crippen LogP contribution in [0.15, 0.2) is 18.2 Å². The number of nitrogens with two attached hydrogens (primary N) is 1. The number of para-hydroxylation sites is 1. The van der Waals surface area contributed by atoms with Crippen molar-refractivity contribution in [3.05, 3.63) is 23.9 Å². The number of methoxy groups -OCH3 is 1. The van der Waals surface area contributed by atoms with Crippen LogP contribution in [-0.4, -0.2) is 18.2 Å². The summed E-state index contributed by atoms with van der Waals surface area (Å²) in [5.41, 5.74) is 7.63. The molecule has 2 rings (SSSR count). The van der Waals surface area contributed by atoms with Gasteiger partial charge in [0.1, 0.15) is 0 Å². The number of aromatic nitrogens is 1. The summed E-state index contributed by atoms with van der Waals surface area (Å²) in [6, 6.07) is 5.85. The van der Waals surface area contributed by atoms with Gasteiger partial charge in [0, 0.05) is 5.56 Å². The number of rotatable bonds is 4. The van der Waals surface area contributed by atoms with E-state index in [9.17, 15) is 0 Å². The van der Waals surface area contributed by atoms with Crippen LogP contribution in [0.5, 0.6) is 11.5 Å². The molecular formula is C14H18N2O2S. The molecule has 102 valence electrons. The molecule has 0 radical (unpaired) electrons. The third-order valence-corrected chi connectivity index (χ3v) is 3.62. The molecule has 0 bridgehead atoms. The summed E-state index contributed by atoms with van der Waals surface area (Å²) in [6.07, 6.45) is 0.0942. The quantitative estimate of drug-likeness (QED) is 0.930. The Balaban J connectivity index is 2.54. The van der Waals surface area contributed by atoms with E-state index in [2.05, 4.69) is 4.98 Å². The summed E-state index contributed by atoms with van der Waals surface area (Å²) >= 11 is 1.46. The highest BCUT2D eigenvalue weighted by Gasteiger charge is 2.17. The Morgan fingerprint density at radius 3 is 2.58 bits per heavy atom. The molecule has 2 aromatic rings. The molecule has 0 aliphatic heterocycles. The molecule has 1 aromatic heterocycles. The molecule has 0 aliphatic rings. The Morgan fingerprint density at radius 1 is 1.32 bits per heavy atom. The molecule has 0 saturated carbocycles. The first-order chi connectivity index (χ1) is 9.02. The van der Waals surface area contributed by atoms with Crippen LogP contribution in [0.3, 0.4) is 0 Å². The number of benzene rings is 1. The van der Waals surface area contributed by atoms with Gasteiger partial charge in [-0.1, -0.05) is 17.4 Å². The molecule has 2 N–H and O–H groups in total. The van der Waals surface area contributed by atoms with Crippen LogP contribution in [0.25, 0.3) is 10.4 Å². The van der Waals surface area contributed by atoms with Gasteiger partial charge < -0.3 is 15.2 Å². The largest absolute Gasteiger partial charge is 0.492 e. The van der Waals surface area contributed by atoms with Crippen molar-refractivity contribution in [1.29, 1.82) is 0 Å². The smallest absolute Gasteiger partial charge is 0.180 e. The first-order valence-electron chi connectivity index (χ1n) is 6.10. The van der Waals surface area contributed by atoms with E-state index >= 15 is 0 Å². The lowest BCUT2D eigenvalue weighted by Crippen LogP contribution is -2.07. The van der Waals surface area contributed by atoms with Gasteiger partial charge in [0.2, 0.25) is 0 Å². The van der Waals surface area contributed by atoms with E-state index in [4.69, 9.17) is 15.2 Å². The molecule has 0 amide bonds. The van der Waals surface area contributed by atoms with Crippen molar-refractivity contribution in [2.45, 2.75) is 26.9 Å². The Kier molecular flexibility index (Phi) is 3.95. The van der Waals surface area contributed by atoms with Crippen LogP contribution in [0, 0.1) is 6.92 Å². The minimum absolute atomic E-state index is 0.0942. The number of nitrogen functional groups attached to an aromatic ring is 1. The lowest BCUT2D eigenvalue weighted by Gasteiger charge is -2.16. The Hall–Kier alpha value is -1.75. The number of hydrogen-bond acceptors (Lipinski definition) is 5. The van der Waals surface area contributed by atoms with Crippen LogP contribution in [-0.2, 0) is 0 Å². The van der Waals surface area contributed by atoms with Crippen molar-refractivity contribution in [2.24, 2.45) is 0 Å². The lowest BCUT2D eigenvalue weighted by atomic mass is 10.1. The molecule has 19 heavy (non-hydrogen) atoms. The van der Waals surface area contributed by atoms with E-state index in [0.29, 0.717) is 5.13 Å². The molecule has 0 saturated heterocycles. The Labute approximate surface area is 117 Å². The highest BCUT2D eigenvalue weighted by atomic mass is 32.1. The topological polar surface area (TPSA) is 57.4 Å². The van der Waals surface area contributed by atoms with Gasteiger partial charge in [-0.3, -0.25) is 0 Å². The first-order valence-corrected chi connectivity index (χ1v) is 6.91. The second kappa shape index (κ2) is 5.48. The van der Waals surface area contributed by atoms with Gasteiger partial charge in [0.15, 0.2) is 16.6 Å². The van der Waals surface area contributed by atoms with Crippen molar-refractivity contribution in [3.63, 3.8) is 0 Å². The number of aryl methyl sites for hydroxylation is 1. The molecule has 1 heterocycles. The zero-order valence-electron chi connectivity index (χ0n) is 11.6. The summed E-state index contributed by atoms with van der Waals surface area (Å²) in [5, 5.41) is 0.560. The summed E-state index contributed by atoms with van der Waals surface area (Å²) < 4.78 is 11.3. The van der Waals surface area contributed by atoms with Gasteiger partial charge in [-0.2, -0.15) is 0 Å². The van der Waals surface area contributed by atoms with E-state index in [1.165, 1.54) is 11.3 Å². The average Bonchev–Trinajstić information content (AvgIpc) is 2.67. The van der Waals surface area contributed by atoms with Crippen molar-refractivity contribution < 1.29 is 9.47 Å². The number of hydrogen-bond donors (Lipinski definition) is 1. The van der Waals surface area contributed by atoms with Crippen LogP contribution in [0.1, 0.15) is 19.5 Å². The number of nitrogens with zero attached hydrogens (tertiary/aromatic N) is 1. The molecule has 0 atom stereocenters. The number of anilines is 1. The average molecular weight is 278 g/mol. The predicted octanol–water partition coefficient (Wildman–Crippen LogP) is 3.50. The van der Waals surface area contributed by atoms with Gasteiger partial charge >= 0.3 is 0 Å². The number of ether oxygens (including phenoxy) is 2. The highest BCUT2D eigenvalue weighted by Crippen LogP contribution is 2.42. The zero-order chi connectivity index (χ0) is 14.0. The fourth-order valence-corrected chi connectivity index (χ4v) is 2.77. The Bertz CT molecular complexity index is 579. The monoisotopic (exact) mass is 278 g/mol. The van der Waals surface area contributed by atoms with Crippen LogP contribution >= 0.6 is 11.3 Å². The van der Waals surface area contributed by atoms with Crippen LogP contribution in [0.2, 0.25) is 0 Å². The first kappa shape index (κ1) is 13.7. The molecule has 0 aliphatic carbocycles. The van der Waals surface area contributed by atoms with Gasteiger partial charge in [0.25, 0.3) is 0 Å². The molecule has 0 fully saturated rings. The third-order valence-electron chi connectivity index (χ3n) is 2.60. The number of thiazole rings is 1. The molecular weight excluding hydrogens is 260 g/mol. The van der Waals surface area contributed by atoms with Crippen LogP contribution in [0.4, 0.5) is 5.13 Å². The maximum Gasteiger partial charge on any atom is 0.180 e. The van der Waals surface area contributed by atoms with Gasteiger partial charge in [-0.15, -0.1) is 0 Å². The van der Waals surface area contributed by atoms with E-state index in [1.54, 1.807) is 7.11 Å². The second-order valence-corrected chi connectivity index (χ2v) is 5.50. The molecule has 4 nitrogen and oxygen atoms in total. The summed E-state index contributed by atoms with van der Waals surface area (Å²) in [5.74, 6) is 1.46. The second-order valence-electron chi connectivity index (χ2n) is 4.47. The zero-order valence-corrected chi connectivity index (χ0v) is 12.4. The Morgan fingerprint density at radius 2 is 2.05 bits per heavy atom. The molecule has 0 spiro atoms. The van der Waals surface area contributed by atoms with Crippen molar-refractivity contribution >= 4 is 16.5 Å². The SMILES string of the molecule is COc1c(OC(C)C)cccc1-c1sc(N)nc1C. The maximum atomic E-state index is 5.77. The summed E-state index contributed by atoms with van der Waals surface area (Å²) in [6.45, 7) is 5.92. The minimum atomic E-state index is 0.0942. The summed E-state index contributed by atoms with van der Waals surface area (Å²) in [7, 11) is 1.64. The van der Waals surface area contributed by atoms with Crippen molar-refractivity contribution in [2.75, 3.05) is 12.8 Å². The third kappa shape index (κ3) is 2.81. The van der Waals surface area contributed by atoms with E-state index in [-0.39, 0.29) is 6.10 Å². The van der Waals surface area contributed by atoms with E-state index in [1.807, 2.05) is 39.0 Å². The van der Waals surface area contributed by atoms with E-state index < -0.39 is 0 Å². The fraction of sp³-hybridized carbons (Fsp3) is 0.357. The standard InChI is InChI=1S/C14H18N2O2S/c1-8(2)18-11-7-5-6-10(12(11)17-4)13-9(3)16-14(15)19-13/h5-8H,1-4H3,(H2,15,16). The van der Waals surface area contributed by atoms with Crippen LogP contribution < -0.4 is 15.2 Å². The van der Waals surface area contributed by atoms with Gasteiger partial charge in [0.05, 0.1) is 23.8 Å².